The number of nitrogens with zero attached hydrogens (tertiary/aromatic N) is 6. The lowest BCUT2D eigenvalue weighted by Crippen LogP contribution is -2.51. The predicted molar refractivity (Wildman–Crippen MR) is 164 cm³/mol. The van der Waals surface area contributed by atoms with Crippen LogP contribution in [-0.4, -0.2) is 64.3 Å². The standard InChI is InChI=1S/C25H22F3IN7O2PS2/c1-11-7-16-15(8-31-36(16)39-29)17(19(11)25(26,27)28)20-21-14(5-6-30-20)18-22(35-9-12-3-4-13(10-35)32-12)33-24(41(2,37)38)34-23(18)40-21/h5-8,12-13,32,39H,3-4,9-10H2,1-2H3. The number of rotatable bonds is 4. The number of piperazine rings is 1. The molecule has 214 valence electrons. The largest absolute Gasteiger partial charge is 0.417 e. The summed E-state index contributed by atoms with van der Waals surface area (Å²) >= 11 is 3.29. The van der Waals surface area contributed by atoms with Gasteiger partial charge in [-0.1, -0.05) is 0 Å². The number of aryl methyl sites for hydroxylation is 1. The van der Waals surface area contributed by atoms with Gasteiger partial charge in [-0.3, -0.25) is 4.98 Å². The molecule has 3 unspecified atom stereocenters. The molecule has 6 heterocycles. The summed E-state index contributed by atoms with van der Waals surface area (Å²) < 4.78 is 71.3. The molecule has 1 N–H and O–H groups in total. The average Bonchev–Trinajstić information content (AvgIpc) is 3.59. The predicted octanol–water partition coefficient (Wildman–Crippen LogP) is 5.72. The summed E-state index contributed by atoms with van der Waals surface area (Å²) in [5, 5.41) is 9.24. The molecule has 16 heteroatoms. The van der Waals surface area contributed by atoms with Gasteiger partial charge in [0.25, 0.3) is 0 Å². The monoisotopic (exact) mass is 731 g/mol. The van der Waals surface area contributed by atoms with Crippen LogP contribution in [0.1, 0.15) is 24.0 Å². The van der Waals surface area contributed by atoms with E-state index in [4.69, 9.17) is 0 Å². The Hall–Kier alpha value is -2.20. The molecule has 2 saturated heterocycles. The van der Waals surface area contributed by atoms with Gasteiger partial charge in [0.15, 0.2) is 0 Å². The summed E-state index contributed by atoms with van der Waals surface area (Å²) in [6.07, 6.45) is 1.61. The molecule has 41 heavy (non-hydrogen) atoms. The van der Waals surface area contributed by atoms with Crippen molar-refractivity contribution in [2.24, 2.45) is 0 Å². The Morgan fingerprint density at radius 3 is 2.56 bits per heavy atom. The van der Waals surface area contributed by atoms with Crippen molar-refractivity contribution in [2.75, 3.05) is 24.2 Å². The highest BCUT2D eigenvalue weighted by Gasteiger charge is 2.39. The molecule has 2 bridgehead atoms. The number of aromatic nitrogens is 5. The van der Waals surface area contributed by atoms with E-state index in [1.54, 1.807) is 10.5 Å². The Labute approximate surface area is 251 Å². The third kappa shape index (κ3) is 4.50. The number of hydrogen-bond donors (Lipinski definition) is 1. The summed E-state index contributed by atoms with van der Waals surface area (Å²) in [5.41, 5.74) is 0.0288. The van der Waals surface area contributed by atoms with Crippen LogP contribution >= 0.6 is 39.8 Å². The Balaban J connectivity index is 1.57. The number of thiophene rings is 1. The van der Waals surface area contributed by atoms with Crippen LogP contribution < -0.4 is 10.2 Å². The molecule has 0 amide bonds. The molecule has 2 fully saturated rings. The summed E-state index contributed by atoms with van der Waals surface area (Å²) in [7, 11) is -3.76. The molecule has 7 rings (SSSR count). The highest BCUT2D eigenvalue weighted by atomic mass is 127. The summed E-state index contributed by atoms with van der Waals surface area (Å²) in [6.45, 7) is 2.74. The number of nitrogens with one attached hydrogen (secondary N) is 1. The Morgan fingerprint density at radius 1 is 1.17 bits per heavy atom. The van der Waals surface area contributed by atoms with Crippen molar-refractivity contribution in [3.8, 4) is 11.3 Å². The van der Waals surface area contributed by atoms with Gasteiger partial charge in [0.05, 0.1) is 39.4 Å². The van der Waals surface area contributed by atoms with Gasteiger partial charge in [-0.2, -0.15) is 18.3 Å². The van der Waals surface area contributed by atoms with Crippen LogP contribution in [0.15, 0.2) is 29.7 Å². The number of sulfone groups is 1. The van der Waals surface area contributed by atoms with Crippen molar-refractivity contribution < 1.29 is 21.6 Å². The zero-order chi connectivity index (χ0) is 28.8. The zero-order valence-corrected chi connectivity index (χ0v) is 26.4. The summed E-state index contributed by atoms with van der Waals surface area (Å²) in [6, 6.07) is 3.78. The van der Waals surface area contributed by atoms with E-state index in [0.29, 0.717) is 50.1 Å². The van der Waals surface area contributed by atoms with Gasteiger partial charge >= 0.3 is 6.18 Å². The molecule has 2 aliphatic rings. The fourth-order valence-electron chi connectivity index (χ4n) is 6.08. The molecule has 0 aliphatic carbocycles. The number of benzene rings is 1. The van der Waals surface area contributed by atoms with Crippen molar-refractivity contribution in [3.05, 3.63) is 35.7 Å². The number of fused-ring (bicyclic) bond motifs is 6. The Morgan fingerprint density at radius 2 is 1.90 bits per heavy atom. The van der Waals surface area contributed by atoms with E-state index in [1.165, 1.54) is 25.4 Å². The quantitative estimate of drug-likeness (QED) is 0.142. The van der Waals surface area contributed by atoms with E-state index in [0.717, 1.165) is 30.4 Å². The third-order valence-electron chi connectivity index (χ3n) is 7.73. The van der Waals surface area contributed by atoms with E-state index >= 15 is 0 Å². The first-order valence-electron chi connectivity index (χ1n) is 12.7. The zero-order valence-electron chi connectivity index (χ0n) is 21.6. The van der Waals surface area contributed by atoms with Crippen LogP contribution in [0.3, 0.4) is 0 Å². The summed E-state index contributed by atoms with van der Waals surface area (Å²) in [5.74, 6) is 0.488. The number of anilines is 1. The van der Waals surface area contributed by atoms with E-state index < -0.39 is 21.6 Å². The summed E-state index contributed by atoms with van der Waals surface area (Å²) in [4.78, 5) is 15.9. The molecule has 2 aliphatic heterocycles. The van der Waals surface area contributed by atoms with Crippen molar-refractivity contribution in [1.29, 1.82) is 0 Å². The minimum Gasteiger partial charge on any atom is -0.353 e. The third-order valence-corrected chi connectivity index (χ3v) is 11.6. The van der Waals surface area contributed by atoms with Gasteiger partial charge in [0, 0.05) is 54.0 Å². The SMILES string of the molecule is Cc1cc2c(cnn2PI)c(-c2nccc3c2sc2nc(S(C)(=O)=O)nc(N4CC5CCC(C4)N5)c23)c1C(F)(F)F. The fourth-order valence-corrected chi connectivity index (χ4v) is 9.34. The molecule has 3 atom stereocenters. The minimum atomic E-state index is -4.64. The van der Waals surface area contributed by atoms with Crippen molar-refractivity contribution >= 4 is 86.6 Å². The second-order valence-electron chi connectivity index (χ2n) is 10.5. The van der Waals surface area contributed by atoms with Crippen LogP contribution in [-0.2, 0) is 16.0 Å². The maximum atomic E-state index is 14.6. The van der Waals surface area contributed by atoms with Gasteiger partial charge in [0.2, 0.25) is 15.0 Å². The first-order chi connectivity index (χ1) is 19.4. The maximum Gasteiger partial charge on any atom is 0.417 e. The van der Waals surface area contributed by atoms with Gasteiger partial charge < -0.3 is 10.2 Å². The average molecular weight is 732 g/mol. The highest BCUT2D eigenvalue weighted by Crippen LogP contribution is 2.48. The lowest BCUT2D eigenvalue weighted by Gasteiger charge is -2.34. The molecule has 9 nitrogen and oxygen atoms in total. The smallest absolute Gasteiger partial charge is 0.353 e. The molecule has 1 aromatic carbocycles. The van der Waals surface area contributed by atoms with Crippen LogP contribution in [0.25, 0.3) is 42.5 Å². The van der Waals surface area contributed by atoms with Gasteiger partial charge in [0.1, 0.15) is 10.6 Å². The fraction of sp³-hybridized carbons (Fsp3) is 0.360. The number of pyridine rings is 1. The lowest BCUT2D eigenvalue weighted by molar-refractivity contribution is -0.137. The molecule has 4 aromatic heterocycles. The Kier molecular flexibility index (Phi) is 6.51. The number of alkyl halides is 3. The van der Waals surface area contributed by atoms with Crippen LogP contribution in [0, 0.1) is 6.92 Å². The molecule has 0 radical (unpaired) electrons. The van der Waals surface area contributed by atoms with Gasteiger partial charge in [-0.05, 0) is 59.5 Å². The molecular formula is C25H22F3IN7O2PS2. The maximum absolute atomic E-state index is 14.6. The number of hydrogen-bond acceptors (Lipinski definition) is 9. The van der Waals surface area contributed by atoms with Gasteiger partial charge in [-0.25, -0.2) is 22.8 Å². The van der Waals surface area contributed by atoms with Gasteiger partial charge in [-0.15, -0.1) is 11.3 Å². The molecule has 0 saturated carbocycles. The number of halogens is 4. The van der Waals surface area contributed by atoms with Crippen molar-refractivity contribution in [1.82, 2.24) is 29.8 Å². The highest BCUT2D eigenvalue weighted by molar-refractivity contribution is 14.2. The molecule has 5 aromatic rings. The van der Waals surface area contributed by atoms with E-state index in [-0.39, 0.29) is 40.4 Å². The molecule has 0 spiro atoms. The molecular weight excluding hydrogens is 709 g/mol. The van der Waals surface area contributed by atoms with E-state index in [9.17, 15) is 21.6 Å². The minimum absolute atomic E-state index is 0.0383. The van der Waals surface area contributed by atoms with Crippen LogP contribution in [0.2, 0.25) is 0 Å². The second-order valence-corrected chi connectivity index (χ2v) is 15.4. The van der Waals surface area contributed by atoms with Crippen LogP contribution in [0.4, 0.5) is 19.0 Å². The first kappa shape index (κ1) is 27.6. The topological polar surface area (TPSA) is 106 Å². The van der Waals surface area contributed by atoms with E-state index in [1.807, 2.05) is 0 Å². The normalized spacial score (nSPS) is 20.0. The Bertz CT molecular complexity index is 1980. The van der Waals surface area contributed by atoms with E-state index in [2.05, 4.69) is 52.3 Å². The second kappa shape index (κ2) is 9.66. The van der Waals surface area contributed by atoms with Crippen molar-refractivity contribution in [2.45, 2.75) is 43.2 Å². The van der Waals surface area contributed by atoms with Crippen LogP contribution in [0.5, 0.6) is 0 Å². The lowest BCUT2D eigenvalue weighted by atomic mass is 9.94. The van der Waals surface area contributed by atoms with Crippen molar-refractivity contribution in [3.63, 3.8) is 0 Å². The first-order valence-corrected chi connectivity index (χ1v) is 19.5.